The molecule has 0 aromatic carbocycles. The van der Waals surface area contributed by atoms with E-state index in [0.717, 1.165) is 31.4 Å². The molecule has 0 spiro atoms. The SMILES string of the molecule is CNc1cc(C(F)(F)F)cc(NC2CCC(C)(C)C2)n1. The highest BCUT2D eigenvalue weighted by molar-refractivity contribution is 5.50. The fraction of sp³-hybridized carbons (Fsp3) is 0.643. The first-order valence-electron chi connectivity index (χ1n) is 6.73. The van der Waals surface area contributed by atoms with E-state index in [2.05, 4.69) is 29.5 Å². The zero-order chi connectivity index (χ0) is 15.0. The molecule has 3 nitrogen and oxygen atoms in total. The van der Waals surface area contributed by atoms with Gasteiger partial charge in [-0.05, 0) is 36.8 Å². The molecule has 1 aliphatic carbocycles. The molecule has 1 atom stereocenters. The van der Waals surface area contributed by atoms with E-state index >= 15 is 0 Å². The van der Waals surface area contributed by atoms with Crippen molar-refractivity contribution in [2.75, 3.05) is 17.7 Å². The minimum Gasteiger partial charge on any atom is -0.373 e. The van der Waals surface area contributed by atoms with Crippen LogP contribution in [-0.4, -0.2) is 18.1 Å². The minimum absolute atomic E-state index is 0.186. The summed E-state index contributed by atoms with van der Waals surface area (Å²) in [5.41, 5.74) is -0.442. The molecule has 2 rings (SSSR count). The highest BCUT2D eigenvalue weighted by atomic mass is 19.4. The van der Waals surface area contributed by atoms with Gasteiger partial charge in [0.2, 0.25) is 0 Å². The van der Waals surface area contributed by atoms with Gasteiger partial charge in [0.1, 0.15) is 11.6 Å². The van der Waals surface area contributed by atoms with Crippen LogP contribution in [0.2, 0.25) is 0 Å². The molecule has 1 aliphatic rings. The number of nitrogens with one attached hydrogen (secondary N) is 2. The molecule has 6 heteroatoms. The van der Waals surface area contributed by atoms with E-state index in [1.165, 1.54) is 0 Å². The molecule has 20 heavy (non-hydrogen) atoms. The normalized spacial score (nSPS) is 21.8. The van der Waals surface area contributed by atoms with Gasteiger partial charge in [0.25, 0.3) is 0 Å². The first-order valence-corrected chi connectivity index (χ1v) is 6.73. The van der Waals surface area contributed by atoms with Crippen LogP contribution in [0.1, 0.15) is 38.7 Å². The monoisotopic (exact) mass is 287 g/mol. The van der Waals surface area contributed by atoms with Crippen molar-refractivity contribution in [3.63, 3.8) is 0 Å². The van der Waals surface area contributed by atoms with Gasteiger partial charge in [0.15, 0.2) is 0 Å². The fourth-order valence-electron chi connectivity index (χ4n) is 2.66. The van der Waals surface area contributed by atoms with Crippen molar-refractivity contribution in [3.05, 3.63) is 17.7 Å². The number of nitrogens with zero attached hydrogens (tertiary/aromatic N) is 1. The van der Waals surface area contributed by atoms with Crippen molar-refractivity contribution in [1.29, 1.82) is 0 Å². The molecule has 0 amide bonds. The summed E-state index contributed by atoms with van der Waals surface area (Å²) in [6.07, 6.45) is -1.39. The molecule has 112 valence electrons. The molecular formula is C14H20F3N3. The third kappa shape index (κ3) is 3.55. The Kier molecular flexibility index (Phi) is 3.84. The Morgan fingerprint density at radius 3 is 2.40 bits per heavy atom. The highest BCUT2D eigenvalue weighted by Crippen LogP contribution is 2.39. The molecule has 1 unspecified atom stereocenters. The third-order valence-electron chi connectivity index (χ3n) is 3.73. The van der Waals surface area contributed by atoms with Crippen LogP contribution in [0.25, 0.3) is 0 Å². The van der Waals surface area contributed by atoms with Gasteiger partial charge >= 0.3 is 6.18 Å². The second-order valence-electron chi connectivity index (χ2n) is 6.12. The molecular weight excluding hydrogens is 267 g/mol. The summed E-state index contributed by atoms with van der Waals surface area (Å²) in [5, 5.41) is 5.80. The first kappa shape index (κ1) is 14.9. The molecule has 2 N–H and O–H groups in total. The molecule has 0 saturated heterocycles. The van der Waals surface area contributed by atoms with Gasteiger partial charge < -0.3 is 10.6 Å². The third-order valence-corrected chi connectivity index (χ3v) is 3.73. The molecule has 0 radical (unpaired) electrons. The van der Waals surface area contributed by atoms with Crippen LogP contribution in [0.4, 0.5) is 24.8 Å². The first-order chi connectivity index (χ1) is 9.19. The van der Waals surface area contributed by atoms with Gasteiger partial charge in [0.05, 0.1) is 5.56 Å². The summed E-state index contributed by atoms with van der Waals surface area (Å²) in [7, 11) is 1.56. The summed E-state index contributed by atoms with van der Waals surface area (Å²) in [4.78, 5) is 4.15. The Morgan fingerprint density at radius 1 is 1.25 bits per heavy atom. The quantitative estimate of drug-likeness (QED) is 0.877. The van der Waals surface area contributed by atoms with Crippen molar-refractivity contribution in [3.8, 4) is 0 Å². The Labute approximate surface area is 117 Å². The van der Waals surface area contributed by atoms with Crippen molar-refractivity contribution in [2.45, 2.75) is 45.3 Å². The maximum Gasteiger partial charge on any atom is 0.416 e. The molecule has 1 saturated carbocycles. The molecule has 0 bridgehead atoms. The van der Waals surface area contributed by atoms with Gasteiger partial charge in [0, 0.05) is 13.1 Å². The summed E-state index contributed by atoms with van der Waals surface area (Å²) < 4.78 is 38.5. The van der Waals surface area contributed by atoms with E-state index in [1.807, 2.05) is 0 Å². The maximum absolute atomic E-state index is 12.8. The van der Waals surface area contributed by atoms with Gasteiger partial charge in [-0.25, -0.2) is 4.98 Å². The van der Waals surface area contributed by atoms with Crippen LogP contribution in [0.3, 0.4) is 0 Å². The standard InChI is InChI=1S/C14H20F3N3/c1-13(2)5-4-10(8-13)19-12-7-9(14(15,16)17)6-11(18-3)20-12/h6-7,10H,4-5,8H2,1-3H3,(H2,18,19,20). The lowest BCUT2D eigenvalue weighted by molar-refractivity contribution is -0.137. The highest BCUT2D eigenvalue weighted by Gasteiger charge is 2.33. The Morgan fingerprint density at radius 2 is 1.90 bits per heavy atom. The van der Waals surface area contributed by atoms with E-state index in [1.54, 1.807) is 7.05 Å². The van der Waals surface area contributed by atoms with Crippen molar-refractivity contribution < 1.29 is 13.2 Å². The number of anilines is 2. The van der Waals surface area contributed by atoms with Crippen molar-refractivity contribution in [2.24, 2.45) is 5.41 Å². The average Bonchev–Trinajstić information content (AvgIpc) is 2.67. The van der Waals surface area contributed by atoms with Gasteiger partial charge in [-0.15, -0.1) is 0 Å². The van der Waals surface area contributed by atoms with E-state index < -0.39 is 11.7 Å². The maximum atomic E-state index is 12.8. The van der Waals surface area contributed by atoms with E-state index in [-0.39, 0.29) is 23.1 Å². The van der Waals surface area contributed by atoms with Gasteiger partial charge in [-0.3, -0.25) is 0 Å². The molecule has 1 aromatic rings. The zero-order valence-corrected chi connectivity index (χ0v) is 11.9. The van der Waals surface area contributed by atoms with Crippen LogP contribution in [-0.2, 0) is 6.18 Å². The summed E-state index contributed by atoms with van der Waals surface area (Å²) in [5.74, 6) is 0.506. The van der Waals surface area contributed by atoms with Crippen LogP contribution >= 0.6 is 0 Å². The number of alkyl halides is 3. The van der Waals surface area contributed by atoms with Gasteiger partial charge in [-0.2, -0.15) is 13.2 Å². The Balaban J connectivity index is 2.19. The largest absolute Gasteiger partial charge is 0.416 e. The summed E-state index contributed by atoms with van der Waals surface area (Å²) in [6, 6.07) is 2.28. The average molecular weight is 287 g/mol. The number of rotatable bonds is 3. The van der Waals surface area contributed by atoms with E-state index in [0.29, 0.717) is 0 Å². The number of hydrogen-bond acceptors (Lipinski definition) is 3. The molecule has 1 fully saturated rings. The lowest BCUT2D eigenvalue weighted by Crippen LogP contribution is -2.19. The smallest absolute Gasteiger partial charge is 0.373 e. The van der Waals surface area contributed by atoms with E-state index in [9.17, 15) is 13.2 Å². The van der Waals surface area contributed by atoms with Crippen molar-refractivity contribution >= 4 is 11.6 Å². The number of pyridine rings is 1. The Bertz CT molecular complexity index is 483. The minimum atomic E-state index is -4.36. The summed E-state index contributed by atoms with van der Waals surface area (Å²) >= 11 is 0. The van der Waals surface area contributed by atoms with Crippen LogP contribution in [0.15, 0.2) is 12.1 Å². The second-order valence-corrected chi connectivity index (χ2v) is 6.12. The van der Waals surface area contributed by atoms with E-state index in [4.69, 9.17) is 0 Å². The number of hydrogen-bond donors (Lipinski definition) is 2. The van der Waals surface area contributed by atoms with Crippen LogP contribution in [0, 0.1) is 5.41 Å². The lowest BCUT2D eigenvalue weighted by Gasteiger charge is -2.19. The molecule has 1 aromatic heterocycles. The predicted molar refractivity (Wildman–Crippen MR) is 73.8 cm³/mol. The lowest BCUT2D eigenvalue weighted by atomic mass is 9.92. The number of aromatic nitrogens is 1. The zero-order valence-electron chi connectivity index (χ0n) is 11.9. The summed E-state index contributed by atoms with van der Waals surface area (Å²) in [6.45, 7) is 4.35. The van der Waals surface area contributed by atoms with Crippen molar-refractivity contribution in [1.82, 2.24) is 4.98 Å². The fourth-order valence-corrected chi connectivity index (χ4v) is 2.66. The van der Waals surface area contributed by atoms with Crippen LogP contribution < -0.4 is 10.6 Å². The van der Waals surface area contributed by atoms with Gasteiger partial charge in [-0.1, -0.05) is 13.8 Å². The molecule has 0 aliphatic heterocycles. The van der Waals surface area contributed by atoms with Crippen LogP contribution in [0.5, 0.6) is 0 Å². The topological polar surface area (TPSA) is 37.0 Å². The molecule has 1 heterocycles. The second kappa shape index (κ2) is 5.14. The number of halogens is 3. The predicted octanol–water partition coefficient (Wildman–Crippen LogP) is 4.13. The Hall–Kier alpha value is -1.46.